The van der Waals surface area contributed by atoms with E-state index in [1.807, 2.05) is 78.9 Å². The van der Waals surface area contributed by atoms with Gasteiger partial charge in [-0.15, -0.1) is 10.2 Å². The molecule has 0 saturated carbocycles. The van der Waals surface area contributed by atoms with Crippen LogP contribution in [0.1, 0.15) is 10.4 Å². The first-order valence-corrected chi connectivity index (χ1v) is 11.6. The second kappa shape index (κ2) is 12.1. The third kappa shape index (κ3) is 8.05. The van der Waals surface area contributed by atoms with Gasteiger partial charge in [0.2, 0.25) is 0 Å². The summed E-state index contributed by atoms with van der Waals surface area (Å²) in [6.07, 6.45) is 0. The van der Waals surface area contributed by atoms with E-state index in [0.717, 1.165) is 28.3 Å². The molecule has 0 spiro atoms. The van der Waals surface area contributed by atoms with Crippen molar-refractivity contribution in [1.29, 1.82) is 0 Å². The van der Waals surface area contributed by atoms with E-state index in [1.165, 1.54) is 0 Å². The maximum atomic E-state index is 13.0. The van der Waals surface area contributed by atoms with E-state index in [-0.39, 0.29) is 5.91 Å². The van der Waals surface area contributed by atoms with Gasteiger partial charge < -0.3 is 14.8 Å². The maximum absolute atomic E-state index is 13.0. The first-order valence-electron chi connectivity index (χ1n) is 10.4. The minimum absolute atomic E-state index is 0.216. The molecule has 0 radical (unpaired) electrons. The topological polar surface area (TPSA) is 151 Å². The fraction of sp³-hybridized carbons (Fsp3) is 0.0769. The van der Waals surface area contributed by atoms with Crippen LogP contribution >= 0.6 is 0 Å². The molecule has 3 aromatic carbocycles. The molecule has 10 heteroatoms. The Hall–Kier alpha value is -3.99. The molecule has 1 N–H and O–H groups in total. The summed E-state index contributed by atoms with van der Waals surface area (Å²) in [5.41, 5.74) is 2.90. The van der Waals surface area contributed by atoms with Crippen LogP contribution in [0.5, 0.6) is 11.5 Å². The lowest BCUT2D eigenvalue weighted by molar-refractivity contribution is -2.00. The number of hydrogen-bond acceptors (Lipinski definition) is 7. The summed E-state index contributed by atoms with van der Waals surface area (Å²) in [5.74, 6) is 2.43. The van der Waals surface area contributed by atoms with Gasteiger partial charge in [0.05, 0.1) is 43.0 Å². The Kier molecular flexibility index (Phi) is 8.96. The van der Waals surface area contributed by atoms with Gasteiger partial charge in [-0.1, -0.05) is 18.2 Å². The largest absolute Gasteiger partial charge is 0.497 e. The average Bonchev–Trinajstić information content (AvgIpc) is 2.88. The quantitative estimate of drug-likeness (QED) is 0.381. The van der Waals surface area contributed by atoms with Crippen LogP contribution in [0.25, 0.3) is 22.6 Å². The SMILES string of the molecule is COc1ccc(-c2cc(C(=O)Nc3ccccc3)cc(-c3ccc(OC)cc3)[o+]2)cc1.[O-][Cl+3]([O-])([O-])[O-]. The van der Waals surface area contributed by atoms with Crippen LogP contribution in [0.4, 0.5) is 5.69 Å². The lowest BCUT2D eigenvalue weighted by Gasteiger charge is -2.17. The standard InChI is InChI=1S/C26H21NO4.ClHO4/c1-29-22-12-8-18(9-13-22)24-16-20(26(28)27-21-6-4-3-5-7-21)17-25(31-24)19-10-14-23(30-2)15-11-19;2-1(3,4)5/h3-17H,1-2H3;(H,2,3,4,5). The molecule has 0 fully saturated rings. The zero-order valence-electron chi connectivity index (χ0n) is 19.3. The minimum atomic E-state index is -4.94. The number of halogens is 1. The summed E-state index contributed by atoms with van der Waals surface area (Å²) in [6.45, 7) is 0. The van der Waals surface area contributed by atoms with Gasteiger partial charge in [0, 0.05) is 5.69 Å². The van der Waals surface area contributed by atoms with Crippen molar-refractivity contribution in [3.63, 3.8) is 0 Å². The number of carbonyl (C=O) groups is 1. The predicted molar refractivity (Wildman–Crippen MR) is 121 cm³/mol. The van der Waals surface area contributed by atoms with Crippen LogP contribution < -0.4 is 33.4 Å². The fourth-order valence-corrected chi connectivity index (χ4v) is 3.15. The monoisotopic (exact) mass is 511 g/mol. The van der Waals surface area contributed by atoms with Crippen molar-refractivity contribution >= 4 is 11.6 Å². The van der Waals surface area contributed by atoms with E-state index < -0.39 is 10.2 Å². The van der Waals surface area contributed by atoms with E-state index in [1.54, 1.807) is 26.4 Å². The highest BCUT2D eigenvalue weighted by Crippen LogP contribution is 2.30. The first kappa shape index (κ1) is 26.6. The second-order valence-electron chi connectivity index (χ2n) is 7.23. The van der Waals surface area contributed by atoms with Gasteiger partial charge in [0.15, 0.2) is 0 Å². The molecule has 0 aliphatic rings. The molecule has 1 heterocycles. The Morgan fingerprint density at radius 1 is 0.722 bits per heavy atom. The predicted octanol–water partition coefficient (Wildman–Crippen LogP) is 1.41. The Morgan fingerprint density at radius 3 is 1.53 bits per heavy atom. The molecule has 36 heavy (non-hydrogen) atoms. The molecule has 0 bridgehead atoms. The van der Waals surface area contributed by atoms with E-state index in [4.69, 9.17) is 32.5 Å². The van der Waals surface area contributed by atoms with Gasteiger partial charge in [-0.2, -0.15) is 0 Å². The van der Waals surface area contributed by atoms with Crippen LogP contribution in [0.15, 0.2) is 95.4 Å². The molecule has 1 amide bonds. The summed E-state index contributed by atoms with van der Waals surface area (Å²) in [5, 5.41) is 2.93. The van der Waals surface area contributed by atoms with Crippen LogP contribution in [0.2, 0.25) is 0 Å². The molecule has 1 aromatic heterocycles. The number of amides is 1. The number of methoxy groups -OCH3 is 2. The van der Waals surface area contributed by atoms with Crippen molar-refractivity contribution in [1.82, 2.24) is 0 Å². The fourth-order valence-electron chi connectivity index (χ4n) is 3.15. The van der Waals surface area contributed by atoms with Gasteiger partial charge in [-0.3, -0.25) is 4.79 Å². The van der Waals surface area contributed by atoms with Gasteiger partial charge in [-0.25, -0.2) is 23.1 Å². The van der Waals surface area contributed by atoms with E-state index in [2.05, 4.69) is 5.32 Å². The van der Waals surface area contributed by atoms with Crippen molar-refractivity contribution in [2.75, 3.05) is 19.5 Å². The number of carbonyl (C=O) groups excluding carboxylic acids is 1. The maximum Gasteiger partial charge on any atom is 0.361 e. The van der Waals surface area contributed by atoms with Crippen LogP contribution in [-0.4, -0.2) is 20.1 Å². The zero-order valence-corrected chi connectivity index (χ0v) is 20.1. The summed E-state index contributed by atoms with van der Waals surface area (Å²) in [6, 6.07) is 27.8. The summed E-state index contributed by atoms with van der Waals surface area (Å²) in [4.78, 5) is 13.0. The molecule has 4 rings (SSSR count). The Morgan fingerprint density at radius 2 is 1.14 bits per heavy atom. The van der Waals surface area contributed by atoms with Gasteiger partial charge in [0.1, 0.15) is 11.5 Å². The Bertz CT molecular complexity index is 1200. The van der Waals surface area contributed by atoms with Crippen molar-refractivity contribution in [3.8, 4) is 34.1 Å². The molecule has 9 nitrogen and oxygen atoms in total. The molecular weight excluding hydrogens is 490 g/mol. The number of para-hydroxylation sites is 1. The Labute approximate surface area is 209 Å². The van der Waals surface area contributed by atoms with E-state index in [9.17, 15) is 4.79 Å². The normalized spacial score (nSPS) is 10.6. The molecular formula is C26H22ClNO8. The summed E-state index contributed by atoms with van der Waals surface area (Å²) in [7, 11) is -1.70. The van der Waals surface area contributed by atoms with Gasteiger partial charge in [-0.05, 0) is 60.7 Å². The highest BCUT2D eigenvalue weighted by atomic mass is 35.7. The number of anilines is 1. The number of benzene rings is 3. The second-order valence-corrected chi connectivity index (χ2v) is 7.99. The molecule has 0 saturated heterocycles. The number of rotatable bonds is 6. The third-order valence-electron chi connectivity index (χ3n) is 4.84. The van der Waals surface area contributed by atoms with E-state index in [0.29, 0.717) is 17.1 Å². The number of hydrogen-bond donors (Lipinski definition) is 1. The smallest absolute Gasteiger partial charge is 0.361 e. The lowest BCUT2D eigenvalue weighted by atomic mass is 10.1. The van der Waals surface area contributed by atoms with Crippen LogP contribution in [0.3, 0.4) is 0 Å². The highest BCUT2D eigenvalue weighted by molar-refractivity contribution is 6.05. The third-order valence-corrected chi connectivity index (χ3v) is 4.84. The van der Waals surface area contributed by atoms with Crippen LogP contribution in [-0.2, 0) is 0 Å². The molecule has 0 atom stereocenters. The molecule has 0 aliphatic carbocycles. The summed E-state index contributed by atoms with van der Waals surface area (Å²) >= 11 is 0. The van der Waals surface area contributed by atoms with Gasteiger partial charge in [0.25, 0.3) is 5.91 Å². The minimum Gasteiger partial charge on any atom is -0.497 e. The molecule has 0 aliphatic heterocycles. The molecule has 0 unspecified atom stereocenters. The van der Waals surface area contributed by atoms with Crippen LogP contribution in [0, 0.1) is 10.2 Å². The van der Waals surface area contributed by atoms with Crippen molar-refractivity contribution in [3.05, 3.63) is 96.6 Å². The summed E-state index contributed by atoms with van der Waals surface area (Å²) < 4.78 is 50.6. The van der Waals surface area contributed by atoms with Crippen molar-refractivity contribution in [2.24, 2.45) is 0 Å². The first-order chi connectivity index (χ1) is 17.2. The Balaban J connectivity index is 0.000000658. The zero-order chi connectivity index (χ0) is 26.1. The average molecular weight is 512 g/mol. The molecule has 4 aromatic rings. The van der Waals surface area contributed by atoms with E-state index >= 15 is 0 Å². The van der Waals surface area contributed by atoms with Gasteiger partial charge >= 0.3 is 11.5 Å². The number of ether oxygens (including phenoxy) is 2. The molecule has 186 valence electrons. The van der Waals surface area contributed by atoms with Crippen molar-refractivity contribution < 1.29 is 47.6 Å². The van der Waals surface area contributed by atoms with Crippen molar-refractivity contribution in [2.45, 2.75) is 0 Å². The number of nitrogens with one attached hydrogen (secondary N) is 1. The lowest BCUT2D eigenvalue weighted by Crippen LogP contribution is -2.68. The highest BCUT2D eigenvalue weighted by Gasteiger charge is 2.23.